The maximum absolute atomic E-state index is 5.79. The molecule has 3 aromatic carbocycles. The number of rotatable bonds is 14. The molecular formula is C36H51Cl2NO2. The number of fused-ring (bicyclic) bond motifs is 1. The number of benzene rings is 3. The number of hydrogen-bond acceptors (Lipinski definition) is 3. The molecule has 0 saturated carbocycles. The highest BCUT2D eigenvalue weighted by Gasteiger charge is 2.39. The van der Waals surface area contributed by atoms with Gasteiger partial charge in [-0.1, -0.05) is 107 Å². The Morgan fingerprint density at radius 1 is 0.805 bits per heavy atom. The van der Waals surface area contributed by atoms with Crippen molar-refractivity contribution in [3.8, 4) is 11.5 Å². The van der Waals surface area contributed by atoms with E-state index in [2.05, 4.69) is 98.9 Å². The molecule has 0 radical (unpaired) electrons. The molecule has 0 bridgehead atoms. The van der Waals surface area contributed by atoms with E-state index in [0.717, 1.165) is 63.0 Å². The van der Waals surface area contributed by atoms with Gasteiger partial charge in [-0.2, -0.15) is 0 Å². The first-order chi connectivity index (χ1) is 19.0. The topological polar surface area (TPSA) is 30.5 Å². The summed E-state index contributed by atoms with van der Waals surface area (Å²) in [5.41, 5.74) is 5.67. The summed E-state index contributed by atoms with van der Waals surface area (Å²) in [6.07, 6.45) is 10.3. The third-order valence-electron chi connectivity index (χ3n) is 8.90. The molecule has 226 valence electrons. The van der Waals surface area contributed by atoms with Crippen molar-refractivity contribution < 1.29 is 9.47 Å². The zero-order chi connectivity index (χ0) is 27.7. The zero-order valence-corrected chi connectivity index (χ0v) is 27.3. The maximum atomic E-state index is 5.79. The third-order valence-corrected chi connectivity index (χ3v) is 8.90. The van der Waals surface area contributed by atoms with E-state index >= 15 is 0 Å². The van der Waals surface area contributed by atoms with Gasteiger partial charge in [0, 0.05) is 17.5 Å². The summed E-state index contributed by atoms with van der Waals surface area (Å²) in [5, 5.41) is 4.05. The van der Waals surface area contributed by atoms with Gasteiger partial charge in [0.1, 0.15) is 0 Å². The molecule has 5 heteroatoms. The van der Waals surface area contributed by atoms with Gasteiger partial charge in [0.2, 0.25) is 0 Å². The van der Waals surface area contributed by atoms with E-state index in [4.69, 9.17) is 9.47 Å². The fraction of sp³-hybridized carbons (Fsp3) is 0.500. The Morgan fingerprint density at radius 2 is 1.37 bits per heavy atom. The van der Waals surface area contributed by atoms with Crippen LogP contribution in [0.15, 0.2) is 72.8 Å². The molecule has 0 aliphatic carbocycles. The second kappa shape index (κ2) is 16.4. The van der Waals surface area contributed by atoms with Crippen molar-refractivity contribution in [1.29, 1.82) is 0 Å². The lowest BCUT2D eigenvalue weighted by Crippen LogP contribution is -2.47. The first-order valence-electron chi connectivity index (χ1n) is 15.1. The summed E-state index contributed by atoms with van der Waals surface area (Å²) >= 11 is 0. The smallest absolute Gasteiger partial charge is 0.161 e. The standard InChI is InChI=1S/C36H49NO2.2ClH/c1-6-21-35(30-16-9-7-10-17-30,31-18-11-8-12-19-31)22-14-24-36(23-13-15-28(2)3)32-27-34(39-5)33(38-4)26-29(32)20-25-37-36;;/h7-12,16-19,26-28,37H,6,13-15,20-25H2,1-5H3;2*1H. The number of ether oxygens (including phenoxy) is 2. The van der Waals surface area contributed by atoms with Crippen molar-refractivity contribution >= 4 is 24.8 Å². The van der Waals surface area contributed by atoms with Crippen molar-refractivity contribution in [1.82, 2.24) is 5.32 Å². The van der Waals surface area contributed by atoms with Gasteiger partial charge in [0.05, 0.1) is 14.2 Å². The Hall–Kier alpha value is -2.20. The molecule has 3 nitrogen and oxygen atoms in total. The molecule has 0 fully saturated rings. The lowest BCUT2D eigenvalue weighted by molar-refractivity contribution is 0.240. The SMILES string of the molecule is CCCC(CCCC1(CCCC(C)C)NCCc2cc(OC)c(OC)cc21)(c1ccccc1)c1ccccc1.Cl.Cl. The highest BCUT2D eigenvalue weighted by atomic mass is 35.5. The Kier molecular flexibility index (Phi) is 14.0. The van der Waals surface area contributed by atoms with E-state index in [1.807, 2.05) is 0 Å². The average Bonchev–Trinajstić information content (AvgIpc) is 2.97. The van der Waals surface area contributed by atoms with Crippen LogP contribution in [0.2, 0.25) is 0 Å². The van der Waals surface area contributed by atoms with Crippen molar-refractivity contribution in [2.45, 2.75) is 89.5 Å². The van der Waals surface area contributed by atoms with Gasteiger partial charge in [0.25, 0.3) is 0 Å². The molecule has 1 atom stereocenters. The first kappa shape index (κ1) is 35.0. The van der Waals surface area contributed by atoms with Gasteiger partial charge >= 0.3 is 0 Å². The van der Waals surface area contributed by atoms with Crippen LogP contribution in [-0.4, -0.2) is 20.8 Å². The molecular weight excluding hydrogens is 549 g/mol. The van der Waals surface area contributed by atoms with Crippen LogP contribution >= 0.6 is 24.8 Å². The summed E-state index contributed by atoms with van der Waals surface area (Å²) in [6, 6.07) is 26.9. The highest BCUT2D eigenvalue weighted by molar-refractivity contribution is 5.85. The molecule has 0 saturated heterocycles. The molecule has 1 N–H and O–H groups in total. The lowest BCUT2D eigenvalue weighted by atomic mass is 9.67. The van der Waals surface area contributed by atoms with Gasteiger partial charge < -0.3 is 14.8 Å². The fourth-order valence-corrected chi connectivity index (χ4v) is 6.99. The Labute approximate surface area is 261 Å². The molecule has 0 amide bonds. The van der Waals surface area contributed by atoms with Crippen LogP contribution in [0.1, 0.15) is 94.4 Å². The maximum Gasteiger partial charge on any atom is 0.161 e. The predicted molar refractivity (Wildman–Crippen MR) is 179 cm³/mol. The van der Waals surface area contributed by atoms with E-state index in [1.165, 1.54) is 35.1 Å². The average molecular weight is 601 g/mol. The number of methoxy groups -OCH3 is 2. The normalized spacial score (nSPS) is 16.3. The summed E-state index contributed by atoms with van der Waals surface area (Å²) in [4.78, 5) is 0. The van der Waals surface area contributed by atoms with Crippen molar-refractivity contribution in [2.75, 3.05) is 20.8 Å². The number of hydrogen-bond donors (Lipinski definition) is 1. The number of nitrogens with one attached hydrogen (secondary N) is 1. The van der Waals surface area contributed by atoms with E-state index in [9.17, 15) is 0 Å². The molecule has 1 unspecified atom stereocenters. The van der Waals surface area contributed by atoms with Crippen LogP contribution in [-0.2, 0) is 17.4 Å². The van der Waals surface area contributed by atoms with Gasteiger partial charge in [-0.3, -0.25) is 0 Å². The van der Waals surface area contributed by atoms with Gasteiger partial charge in [-0.05, 0) is 72.4 Å². The molecule has 41 heavy (non-hydrogen) atoms. The van der Waals surface area contributed by atoms with Crippen molar-refractivity contribution in [2.24, 2.45) is 5.92 Å². The molecule has 3 aromatic rings. The van der Waals surface area contributed by atoms with E-state index in [0.29, 0.717) is 5.92 Å². The van der Waals surface area contributed by atoms with Crippen LogP contribution in [0.5, 0.6) is 11.5 Å². The third kappa shape index (κ3) is 8.00. The molecule has 1 aliphatic heterocycles. The van der Waals surface area contributed by atoms with E-state index in [-0.39, 0.29) is 35.8 Å². The fourth-order valence-electron chi connectivity index (χ4n) is 6.99. The van der Waals surface area contributed by atoms with Crippen LogP contribution in [0.3, 0.4) is 0 Å². The minimum absolute atomic E-state index is 0. The van der Waals surface area contributed by atoms with Crippen LogP contribution in [0, 0.1) is 5.92 Å². The Balaban J connectivity index is 0.00000294. The minimum Gasteiger partial charge on any atom is -0.493 e. The van der Waals surface area contributed by atoms with Crippen LogP contribution in [0.4, 0.5) is 0 Å². The number of halogens is 2. The van der Waals surface area contributed by atoms with E-state index in [1.54, 1.807) is 14.2 Å². The minimum atomic E-state index is -0.0483. The monoisotopic (exact) mass is 599 g/mol. The van der Waals surface area contributed by atoms with Gasteiger partial charge in [-0.25, -0.2) is 0 Å². The van der Waals surface area contributed by atoms with Crippen LogP contribution < -0.4 is 14.8 Å². The summed E-state index contributed by atoms with van der Waals surface area (Å²) < 4.78 is 11.5. The zero-order valence-electron chi connectivity index (χ0n) is 25.7. The van der Waals surface area contributed by atoms with Crippen LogP contribution in [0.25, 0.3) is 0 Å². The second-order valence-corrected chi connectivity index (χ2v) is 11.8. The lowest BCUT2D eigenvalue weighted by Gasteiger charge is -2.43. The largest absolute Gasteiger partial charge is 0.493 e. The summed E-state index contributed by atoms with van der Waals surface area (Å²) in [7, 11) is 3.49. The van der Waals surface area contributed by atoms with E-state index < -0.39 is 0 Å². The molecule has 0 spiro atoms. The van der Waals surface area contributed by atoms with Crippen molar-refractivity contribution in [3.05, 3.63) is 95.1 Å². The first-order valence-corrected chi connectivity index (χ1v) is 15.1. The Bertz CT molecular complexity index is 1130. The Morgan fingerprint density at radius 3 is 1.90 bits per heavy atom. The van der Waals surface area contributed by atoms with Gasteiger partial charge in [0.15, 0.2) is 11.5 Å². The summed E-state index contributed by atoms with van der Waals surface area (Å²) in [5.74, 6) is 2.38. The second-order valence-electron chi connectivity index (χ2n) is 11.8. The quantitative estimate of drug-likeness (QED) is 0.200. The predicted octanol–water partition coefficient (Wildman–Crippen LogP) is 9.67. The molecule has 1 aliphatic rings. The van der Waals surface area contributed by atoms with Crippen molar-refractivity contribution in [3.63, 3.8) is 0 Å². The molecule has 1 heterocycles. The molecule has 4 rings (SSSR count). The highest BCUT2D eigenvalue weighted by Crippen LogP contribution is 2.46. The summed E-state index contributed by atoms with van der Waals surface area (Å²) in [6.45, 7) is 8.00. The van der Waals surface area contributed by atoms with Gasteiger partial charge in [-0.15, -0.1) is 24.8 Å². The molecule has 0 aromatic heterocycles.